The number of carbonyl (C=O) groups is 1. The van der Waals surface area contributed by atoms with Gasteiger partial charge in [-0.2, -0.15) is 11.8 Å². The van der Waals surface area contributed by atoms with Gasteiger partial charge in [-0.15, -0.1) is 11.3 Å². The van der Waals surface area contributed by atoms with Crippen molar-refractivity contribution < 1.29 is 4.79 Å². The molecule has 3 heterocycles. The van der Waals surface area contributed by atoms with Crippen molar-refractivity contribution in [2.45, 2.75) is 56.4 Å². The summed E-state index contributed by atoms with van der Waals surface area (Å²) in [5, 5.41) is 2.14. The highest BCUT2D eigenvalue weighted by molar-refractivity contribution is 7.99. The zero-order valence-electron chi connectivity index (χ0n) is 15.1. The minimum atomic E-state index is -0.216. The molecule has 138 valence electrons. The predicted molar refractivity (Wildman–Crippen MR) is 108 cm³/mol. The standard InChI is InChI=1S/C20H30N2OS2/c23-19(20(8-1-2-9-20)18-7-5-14-25-18)22-12-6-13-24-16-17(22)15-21-10-3-4-11-21/h5,7,14,17H,1-4,6,8-13,15-16H2/t17-/m0/s1. The van der Waals surface area contributed by atoms with Crippen LogP contribution in [0.4, 0.5) is 0 Å². The zero-order valence-corrected chi connectivity index (χ0v) is 16.8. The van der Waals surface area contributed by atoms with Crippen molar-refractivity contribution in [1.82, 2.24) is 9.80 Å². The topological polar surface area (TPSA) is 23.6 Å². The van der Waals surface area contributed by atoms with Crippen LogP contribution in [0.25, 0.3) is 0 Å². The molecule has 1 aromatic rings. The number of thiophene rings is 1. The zero-order chi connectivity index (χ0) is 17.1. The van der Waals surface area contributed by atoms with Gasteiger partial charge in [0.2, 0.25) is 5.91 Å². The Kier molecular flexibility index (Phi) is 5.73. The van der Waals surface area contributed by atoms with Gasteiger partial charge in [-0.25, -0.2) is 0 Å². The van der Waals surface area contributed by atoms with E-state index in [1.807, 2.05) is 11.8 Å². The maximum absolute atomic E-state index is 13.9. The highest BCUT2D eigenvalue weighted by atomic mass is 32.2. The Labute approximate surface area is 160 Å². The van der Waals surface area contributed by atoms with Crippen molar-refractivity contribution in [3.8, 4) is 0 Å². The molecule has 0 bridgehead atoms. The molecule has 3 fully saturated rings. The molecule has 3 aliphatic rings. The first-order valence-corrected chi connectivity index (χ1v) is 12.0. The van der Waals surface area contributed by atoms with Gasteiger partial charge in [0, 0.05) is 23.7 Å². The summed E-state index contributed by atoms with van der Waals surface area (Å²) in [6, 6.07) is 4.72. The van der Waals surface area contributed by atoms with Gasteiger partial charge in [0.15, 0.2) is 0 Å². The molecule has 0 aromatic carbocycles. The summed E-state index contributed by atoms with van der Waals surface area (Å²) >= 11 is 3.84. The lowest BCUT2D eigenvalue weighted by Gasteiger charge is -2.39. The lowest BCUT2D eigenvalue weighted by atomic mass is 9.82. The fourth-order valence-corrected chi connectivity index (χ4v) is 6.92. The van der Waals surface area contributed by atoms with E-state index in [1.54, 1.807) is 11.3 Å². The van der Waals surface area contributed by atoms with Crippen LogP contribution >= 0.6 is 23.1 Å². The lowest BCUT2D eigenvalue weighted by molar-refractivity contribution is -0.139. The molecule has 1 saturated carbocycles. The Bertz CT molecular complexity index is 562. The van der Waals surface area contributed by atoms with Gasteiger partial charge in [0.25, 0.3) is 0 Å². The number of rotatable bonds is 4. The van der Waals surface area contributed by atoms with Gasteiger partial charge < -0.3 is 9.80 Å². The number of carbonyl (C=O) groups excluding carboxylic acids is 1. The molecule has 1 aromatic heterocycles. The molecule has 1 atom stereocenters. The highest BCUT2D eigenvalue weighted by Gasteiger charge is 2.47. The molecule has 0 radical (unpaired) electrons. The predicted octanol–water partition coefficient (Wildman–Crippen LogP) is 3.99. The normalized spacial score (nSPS) is 27.5. The number of nitrogens with zero attached hydrogens (tertiary/aromatic N) is 2. The van der Waals surface area contributed by atoms with Crippen LogP contribution in [-0.2, 0) is 10.2 Å². The summed E-state index contributed by atoms with van der Waals surface area (Å²) in [6.45, 7) is 4.48. The van der Waals surface area contributed by atoms with Crippen molar-refractivity contribution in [3.63, 3.8) is 0 Å². The lowest BCUT2D eigenvalue weighted by Crippen LogP contribution is -2.53. The monoisotopic (exact) mass is 378 g/mol. The third-order valence-corrected chi connectivity index (χ3v) is 8.50. The van der Waals surface area contributed by atoms with E-state index in [-0.39, 0.29) is 5.41 Å². The van der Waals surface area contributed by atoms with Crippen LogP contribution in [0.2, 0.25) is 0 Å². The fraction of sp³-hybridized carbons (Fsp3) is 0.750. The second-order valence-electron chi connectivity index (χ2n) is 7.86. The van der Waals surface area contributed by atoms with Crippen molar-refractivity contribution in [2.24, 2.45) is 0 Å². The van der Waals surface area contributed by atoms with Gasteiger partial charge in [-0.05, 0) is 62.4 Å². The van der Waals surface area contributed by atoms with Crippen LogP contribution in [0.5, 0.6) is 0 Å². The molecule has 1 amide bonds. The maximum atomic E-state index is 13.9. The summed E-state index contributed by atoms with van der Waals surface area (Å²) in [6.07, 6.45) is 8.29. The van der Waals surface area contributed by atoms with Gasteiger partial charge in [0.05, 0.1) is 11.5 Å². The van der Waals surface area contributed by atoms with E-state index in [1.165, 1.54) is 49.4 Å². The Morgan fingerprint density at radius 1 is 1.12 bits per heavy atom. The van der Waals surface area contributed by atoms with Crippen LogP contribution in [0.1, 0.15) is 49.8 Å². The molecule has 2 saturated heterocycles. The van der Waals surface area contributed by atoms with Crippen LogP contribution in [0.15, 0.2) is 17.5 Å². The average Bonchev–Trinajstić information content (AvgIpc) is 3.36. The number of thioether (sulfide) groups is 1. The minimum Gasteiger partial charge on any atom is -0.337 e. The summed E-state index contributed by atoms with van der Waals surface area (Å²) in [5.74, 6) is 2.76. The van der Waals surface area contributed by atoms with E-state index in [9.17, 15) is 4.79 Å². The van der Waals surface area contributed by atoms with E-state index < -0.39 is 0 Å². The summed E-state index contributed by atoms with van der Waals surface area (Å²) in [5.41, 5.74) is -0.216. The van der Waals surface area contributed by atoms with E-state index >= 15 is 0 Å². The molecule has 5 heteroatoms. The van der Waals surface area contributed by atoms with Crippen LogP contribution < -0.4 is 0 Å². The van der Waals surface area contributed by atoms with Crippen LogP contribution in [-0.4, -0.2) is 59.4 Å². The highest BCUT2D eigenvalue weighted by Crippen LogP contribution is 2.45. The molecular weight excluding hydrogens is 348 g/mol. The maximum Gasteiger partial charge on any atom is 0.234 e. The molecule has 4 rings (SSSR count). The molecule has 1 aliphatic carbocycles. The van der Waals surface area contributed by atoms with Crippen molar-refractivity contribution >= 4 is 29.0 Å². The Morgan fingerprint density at radius 2 is 1.92 bits per heavy atom. The number of amides is 1. The molecule has 0 N–H and O–H groups in total. The summed E-state index contributed by atoms with van der Waals surface area (Å²) in [7, 11) is 0. The first-order valence-electron chi connectivity index (χ1n) is 9.95. The number of hydrogen-bond acceptors (Lipinski definition) is 4. The third-order valence-electron chi connectivity index (χ3n) is 6.23. The van der Waals surface area contributed by atoms with Crippen molar-refractivity contribution in [3.05, 3.63) is 22.4 Å². The molecule has 0 spiro atoms. The molecule has 0 unspecified atom stereocenters. The second kappa shape index (κ2) is 8.01. The van der Waals surface area contributed by atoms with E-state index in [4.69, 9.17) is 0 Å². The number of likely N-dealkylation sites (tertiary alicyclic amines) is 1. The van der Waals surface area contributed by atoms with Crippen molar-refractivity contribution in [2.75, 3.05) is 37.7 Å². The molecule has 25 heavy (non-hydrogen) atoms. The first-order chi connectivity index (χ1) is 12.3. The van der Waals surface area contributed by atoms with E-state index in [2.05, 4.69) is 27.3 Å². The summed E-state index contributed by atoms with van der Waals surface area (Å²) in [4.78, 5) is 20.1. The quantitative estimate of drug-likeness (QED) is 0.791. The fourth-order valence-electron chi connectivity index (χ4n) is 4.88. The second-order valence-corrected chi connectivity index (χ2v) is 9.95. The van der Waals surface area contributed by atoms with Gasteiger partial charge in [0.1, 0.15) is 0 Å². The Morgan fingerprint density at radius 3 is 2.64 bits per heavy atom. The van der Waals surface area contributed by atoms with Crippen LogP contribution in [0, 0.1) is 0 Å². The van der Waals surface area contributed by atoms with Crippen molar-refractivity contribution in [1.29, 1.82) is 0 Å². The third kappa shape index (κ3) is 3.65. The van der Waals surface area contributed by atoms with E-state index in [0.29, 0.717) is 11.9 Å². The number of hydrogen-bond donors (Lipinski definition) is 0. The smallest absolute Gasteiger partial charge is 0.234 e. The molecule has 2 aliphatic heterocycles. The molecular formula is C20H30N2OS2. The SMILES string of the molecule is O=C(N1CCCSC[C@@H]1CN1CCCC1)C1(c2cccs2)CCCC1. The average molecular weight is 379 g/mol. The van der Waals surface area contributed by atoms with Crippen LogP contribution in [0.3, 0.4) is 0 Å². The minimum absolute atomic E-state index is 0.216. The first kappa shape index (κ1) is 17.9. The van der Waals surface area contributed by atoms with Gasteiger partial charge in [-0.3, -0.25) is 4.79 Å². The van der Waals surface area contributed by atoms with E-state index in [0.717, 1.165) is 38.1 Å². The molecule has 3 nitrogen and oxygen atoms in total. The van der Waals surface area contributed by atoms with Gasteiger partial charge in [-0.1, -0.05) is 18.9 Å². The summed E-state index contributed by atoms with van der Waals surface area (Å²) < 4.78 is 0. The largest absolute Gasteiger partial charge is 0.337 e. The Balaban J connectivity index is 1.58. The van der Waals surface area contributed by atoms with Gasteiger partial charge >= 0.3 is 0 Å². The Hall–Kier alpha value is -0.520.